The zero-order chi connectivity index (χ0) is 26.1. The van der Waals surface area contributed by atoms with Crippen LogP contribution in [0.15, 0.2) is 82.7 Å². The minimum atomic E-state index is -4.46. The lowest BCUT2D eigenvalue weighted by Gasteiger charge is -2.22. The Morgan fingerprint density at radius 3 is 2.36 bits per heavy atom. The number of benzene rings is 2. The molecule has 1 unspecified atom stereocenters. The van der Waals surface area contributed by atoms with E-state index in [9.17, 15) is 31.2 Å². The quantitative estimate of drug-likeness (QED) is 0.339. The summed E-state index contributed by atoms with van der Waals surface area (Å²) in [7, 11) is -3.88. The normalized spacial score (nSPS) is 18.3. The van der Waals surface area contributed by atoms with Crippen LogP contribution in [-0.4, -0.2) is 36.4 Å². The topological polar surface area (TPSA) is 108 Å². The molecule has 0 bridgehead atoms. The number of hydrogen-bond acceptors (Lipinski definition) is 6. The zero-order valence-corrected chi connectivity index (χ0v) is 20.2. The molecule has 3 amide bonds. The number of hydrogen-bond donors (Lipinski definition) is 2. The number of carbonyl (C=O) groups excluding carboxylic acids is 2. The van der Waals surface area contributed by atoms with Gasteiger partial charge in [0.15, 0.2) is 0 Å². The lowest BCUT2D eigenvalue weighted by molar-refractivity contribution is -0.121. The maximum absolute atomic E-state index is 13.2. The van der Waals surface area contributed by atoms with Crippen molar-refractivity contribution in [1.82, 2.24) is 10.3 Å². The predicted octanol–water partition coefficient (Wildman–Crippen LogP) is 4.55. The van der Waals surface area contributed by atoms with Crippen molar-refractivity contribution in [2.75, 3.05) is 9.62 Å². The molecule has 1 atom stereocenters. The first-order valence-electron chi connectivity index (χ1n) is 10.4. The second kappa shape index (κ2) is 9.47. The fraction of sp³-hybridized carbons (Fsp3) is 0.174. The summed E-state index contributed by atoms with van der Waals surface area (Å²) in [5, 5.41) is 2.62. The fourth-order valence-electron chi connectivity index (χ4n) is 3.68. The number of amides is 3. The van der Waals surface area contributed by atoms with E-state index < -0.39 is 33.0 Å². The van der Waals surface area contributed by atoms with Crippen molar-refractivity contribution in [1.29, 1.82) is 0 Å². The monoisotopic (exact) mass is 536 g/mol. The summed E-state index contributed by atoms with van der Waals surface area (Å²) < 4.78 is 65.3. The maximum atomic E-state index is 13.2. The van der Waals surface area contributed by atoms with E-state index in [1.54, 1.807) is 24.3 Å². The molecular weight excluding hydrogens is 517 g/mol. The van der Waals surface area contributed by atoms with Crippen LogP contribution in [0.5, 0.6) is 0 Å². The van der Waals surface area contributed by atoms with Crippen LogP contribution in [0.3, 0.4) is 0 Å². The van der Waals surface area contributed by atoms with Gasteiger partial charge in [0, 0.05) is 17.5 Å². The Balaban J connectivity index is 1.51. The zero-order valence-electron chi connectivity index (χ0n) is 18.6. The van der Waals surface area contributed by atoms with Crippen LogP contribution in [0.4, 0.5) is 29.5 Å². The van der Waals surface area contributed by atoms with Gasteiger partial charge in [0.05, 0.1) is 10.6 Å². The van der Waals surface area contributed by atoms with E-state index in [4.69, 9.17) is 0 Å². The molecule has 2 heterocycles. The van der Waals surface area contributed by atoms with Crippen LogP contribution in [0.1, 0.15) is 12.5 Å². The van der Waals surface area contributed by atoms with Crippen molar-refractivity contribution in [3.8, 4) is 0 Å². The van der Waals surface area contributed by atoms with Gasteiger partial charge in [-0.15, -0.1) is 0 Å². The van der Waals surface area contributed by atoms with Crippen molar-refractivity contribution in [3.05, 3.63) is 78.5 Å². The lowest BCUT2D eigenvalue weighted by Crippen LogP contribution is -2.46. The first-order chi connectivity index (χ1) is 16.9. The number of nitrogens with zero attached hydrogens (tertiary/aromatic N) is 2. The van der Waals surface area contributed by atoms with E-state index in [1.807, 2.05) is 0 Å². The molecule has 0 radical (unpaired) electrons. The van der Waals surface area contributed by atoms with Gasteiger partial charge in [-0.25, -0.2) is 23.1 Å². The number of sulfonamides is 1. The number of thioether (sulfide) groups is 1. The highest BCUT2D eigenvalue weighted by Crippen LogP contribution is 2.38. The molecule has 1 aliphatic heterocycles. The van der Waals surface area contributed by atoms with Crippen LogP contribution < -0.4 is 14.9 Å². The highest BCUT2D eigenvalue weighted by atomic mass is 32.2. The molecule has 2 aromatic carbocycles. The molecule has 1 saturated heterocycles. The van der Waals surface area contributed by atoms with Crippen molar-refractivity contribution in [3.63, 3.8) is 0 Å². The van der Waals surface area contributed by atoms with Crippen LogP contribution in [0, 0.1) is 0 Å². The van der Waals surface area contributed by atoms with E-state index in [-0.39, 0.29) is 39.5 Å². The molecule has 8 nitrogen and oxygen atoms in total. The second-order valence-electron chi connectivity index (χ2n) is 8.09. The number of anilines is 2. The Labute approximate surface area is 209 Å². The molecule has 2 N–H and O–H groups in total. The molecule has 0 aliphatic carbocycles. The molecule has 1 fully saturated rings. The Bertz CT molecular complexity index is 1400. The van der Waals surface area contributed by atoms with E-state index in [0.29, 0.717) is 5.56 Å². The fourth-order valence-corrected chi connectivity index (χ4v) is 5.24. The molecule has 188 valence electrons. The Morgan fingerprint density at radius 2 is 1.72 bits per heavy atom. The van der Waals surface area contributed by atoms with Crippen LogP contribution >= 0.6 is 11.8 Å². The summed E-state index contributed by atoms with van der Waals surface area (Å²) in [6.45, 7) is 1.51. The maximum Gasteiger partial charge on any atom is 0.446 e. The molecule has 13 heteroatoms. The Morgan fingerprint density at radius 1 is 1.06 bits per heavy atom. The summed E-state index contributed by atoms with van der Waals surface area (Å²) in [6.07, 6.45) is 1.39. The number of carbonyl (C=O) groups is 2. The van der Waals surface area contributed by atoms with Crippen LogP contribution in [-0.2, 0) is 21.2 Å². The number of pyridine rings is 1. The Hall–Kier alpha value is -3.58. The minimum Gasteiger partial charge on any atom is -0.323 e. The molecule has 0 spiro atoms. The summed E-state index contributed by atoms with van der Waals surface area (Å²) in [5.74, 6) is -0.571. The summed E-state index contributed by atoms with van der Waals surface area (Å²) in [4.78, 5) is 30.7. The summed E-state index contributed by atoms with van der Waals surface area (Å²) in [6, 6.07) is 14.9. The molecule has 0 saturated carbocycles. The van der Waals surface area contributed by atoms with Crippen LogP contribution in [0.25, 0.3) is 0 Å². The number of halogens is 3. The van der Waals surface area contributed by atoms with Crippen molar-refractivity contribution in [2.45, 2.75) is 34.2 Å². The van der Waals surface area contributed by atoms with Crippen molar-refractivity contribution >= 4 is 45.2 Å². The van der Waals surface area contributed by atoms with E-state index in [1.165, 1.54) is 55.6 Å². The third kappa shape index (κ3) is 5.62. The molecule has 36 heavy (non-hydrogen) atoms. The average Bonchev–Trinajstić information content (AvgIpc) is 3.01. The van der Waals surface area contributed by atoms with Gasteiger partial charge in [0.1, 0.15) is 11.4 Å². The van der Waals surface area contributed by atoms with Gasteiger partial charge in [-0.3, -0.25) is 9.52 Å². The summed E-state index contributed by atoms with van der Waals surface area (Å²) in [5.41, 5.74) is -5.20. The predicted molar refractivity (Wildman–Crippen MR) is 128 cm³/mol. The summed E-state index contributed by atoms with van der Waals surface area (Å²) >= 11 is -0.300. The van der Waals surface area contributed by atoms with E-state index in [2.05, 4.69) is 15.0 Å². The van der Waals surface area contributed by atoms with E-state index >= 15 is 0 Å². The number of aromatic nitrogens is 1. The standard InChI is InChI=1S/C23H19F3N4O4S2/c1-22(14-15-11-12-27-19(13-15)29-36(33,34)18-5-3-2-4-6-18)20(31)30(21(32)28-22)16-7-9-17(10-8-16)35-23(24,25)26/h2-13H,14H2,1H3,(H,27,29)(H,28,32). The second-order valence-corrected chi connectivity index (χ2v) is 10.9. The van der Waals surface area contributed by atoms with Gasteiger partial charge in [-0.1, -0.05) is 18.2 Å². The van der Waals surface area contributed by atoms with Gasteiger partial charge in [0.25, 0.3) is 15.9 Å². The van der Waals surface area contributed by atoms with Crippen LogP contribution in [0.2, 0.25) is 0 Å². The molecule has 1 aliphatic rings. The minimum absolute atomic E-state index is 0.0126. The SMILES string of the molecule is CC1(Cc2ccnc(NS(=O)(=O)c3ccccc3)c2)NC(=O)N(c2ccc(SC(F)(F)F)cc2)C1=O. The van der Waals surface area contributed by atoms with Crippen molar-refractivity contribution < 1.29 is 31.2 Å². The number of urea groups is 1. The molecule has 3 aromatic rings. The highest BCUT2D eigenvalue weighted by molar-refractivity contribution is 8.00. The van der Waals surface area contributed by atoms with Gasteiger partial charge in [-0.2, -0.15) is 13.2 Å². The van der Waals surface area contributed by atoms with Gasteiger partial charge in [-0.05, 0) is 72.8 Å². The number of rotatable bonds is 7. The van der Waals surface area contributed by atoms with E-state index in [0.717, 1.165) is 4.90 Å². The third-order valence-electron chi connectivity index (χ3n) is 5.26. The smallest absolute Gasteiger partial charge is 0.323 e. The molecule has 1 aromatic heterocycles. The van der Waals surface area contributed by atoms with Crippen molar-refractivity contribution in [2.24, 2.45) is 0 Å². The molecular formula is C23H19F3N4O4S2. The van der Waals surface area contributed by atoms with Gasteiger partial charge in [0.2, 0.25) is 0 Å². The third-order valence-corrected chi connectivity index (χ3v) is 7.37. The first-order valence-corrected chi connectivity index (χ1v) is 12.7. The van der Waals surface area contributed by atoms with Gasteiger partial charge >= 0.3 is 11.5 Å². The average molecular weight is 537 g/mol. The number of imide groups is 1. The largest absolute Gasteiger partial charge is 0.446 e. The number of nitrogens with one attached hydrogen (secondary N) is 2. The highest BCUT2D eigenvalue weighted by Gasteiger charge is 2.48. The Kier molecular flexibility index (Phi) is 6.71. The molecule has 4 rings (SSSR count). The first kappa shape index (κ1) is 25.5. The van der Waals surface area contributed by atoms with Gasteiger partial charge < -0.3 is 5.32 Å². The number of alkyl halides is 3. The lowest BCUT2D eigenvalue weighted by atomic mass is 9.93.